The van der Waals surface area contributed by atoms with Crippen LogP contribution >= 0.6 is 0 Å². The molecular weight excluding hydrogens is 366 g/mol. The van der Waals surface area contributed by atoms with Crippen LogP contribution in [0.1, 0.15) is 35.2 Å². The highest BCUT2D eigenvalue weighted by Gasteiger charge is 2.23. The summed E-state index contributed by atoms with van der Waals surface area (Å²) in [6.07, 6.45) is 11.8. The van der Waals surface area contributed by atoms with E-state index < -0.39 is 0 Å². The lowest BCUT2D eigenvalue weighted by Crippen LogP contribution is -2.40. The molecule has 1 aliphatic rings. The molecular formula is C22H23N5O2. The van der Waals surface area contributed by atoms with Gasteiger partial charge >= 0.3 is 0 Å². The molecule has 0 saturated carbocycles. The predicted octanol–water partition coefficient (Wildman–Crippen LogP) is 1.69. The molecule has 7 heteroatoms. The zero-order valence-electron chi connectivity index (χ0n) is 16.1. The fourth-order valence-electron chi connectivity index (χ4n) is 3.81. The second-order valence-electron chi connectivity index (χ2n) is 7.34. The highest BCUT2D eigenvalue weighted by Crippen LogP contribution is 2.21. The maximum atomic E-state index is 12.4. The minimum absolute atomic E-state index is 0.00753. The molecule has 29 heavy (non-hydrogen) atoms. The Morgan fingerprint density at radius 2 is 1.86 bits per heavy atom. The molecule has 1 N–H and O–H groups in total. The van der Waals surface area contributed by atoms with Crippen molar-refractivity contribution >= 4 is 5.91 Å². The first-order chi connectivity index (χ1) is 14.2. The third-order valence-electron chi connectivity index (χ3n) is 5.30. The van der Waals surface area contributed by atoms with Crippen LogP contribution in [0, 0.1) is 0 Å². The second-order valence-corrected chi connectivity index (χ2v) is 7.34. The number of hydrogen-bond acceptors (Lipinski definition) is 5. The minimum Gasteiger partial charge on any atom is -0.353 e. The average Bonchev–Trinajstić information content (AvgIpc) is 2.76. The van der Waals surface area contributed by atoms with Crippen LogP contribution in [-0.2, 0) is 30.6 Å². The lowest BCUT2D eigenvalue weighted by molar-refractivity contribution is -0.121. The van der Waals surface area contributed by atoms with E-state index in [1.807, 2.05) is 22.8 Å². The van der Waals surface area contributed by atoms with Gasteiger partial charge in [0, 0.05) is 49.0 Å². The van der Waals surface area contributed by atoms with Gasteiger partial charge in [0.1, 0.15) is 6.33 Å². The number of carbonyl (C=O) groups excluding carboxylic acids is 1. The third-order valence-corrected chi connectivity index (χ3v) is 5.30. The number of rotatable bonds is 6. The van der Waals surface area contributed by atoms with Crippen molar-refractivity contribution in [1.29, 1.82) is 0 Å². The molecule has 0 aliphatic heterocycles. The summed E-state index contributed by atoms with van der Waals surface area (Å²) in [6, 6.07) is 7.47. The third kappa shape index (κ3) is 4.74. The van der Waals surface area contributed by atoms with Crippen molar-refractivity contribution in [2.45, 2.75) is 44.7 Å². The topological polar surface area (TPSA) is 89.8 Å². The number of aromatic nitrogens is 4. The van der Waals surface area contributed by atoms with Crippen molar-refractivity contribution in [1.82, 2.24) is 24.8 Å². The molecule has 1 unspecified atom stereocenters. The quantitative estimate of drug-likeness (QED) is 0.693. The van der Waals surface area contributed by atoms with Crippen LogP contribution in [0.4, 0.5) is 0 Å². The lowest BCUT2D eigenvalue weighted by atomic mass is 9.91. The van der Waals surface area contributed by atoms with E-state index >= 15 is 0 Å². The van der Waals surface area contributed by atoms with E-state index in [9.17, 15) is 9.59 Å². The summed E-state index contributed by atoms with van der Waals surface area (Å²) in [6.45, 7) is 0.542. The monoisotopic (exact) mass is 389 g/mol. The Bertz CT molecular complexity index is 1030. The van der Waals surface area contributed by atoms with E-state index in [1.165, 1.54) is 6.33 Å². The normalized spacial score (nSPS) is 15.5. The number of fused-ring (bicyclic) bond motifs is 1. The number of nitrogens with zero attached hydrogens (tertiary/aromatic N) is 4. The van der Waals surface area contributed by atoms with Gasteiger partial charge < -0.3 is 9.88 Å². The van der Waals surface area contributed by atoms with Gasteiger partial charge in [0.2, 0.25) is 5.91 Å². The van der Waals surface area contributed by atoms with Crippen molar-refractivity contribution in [2.75, 3.05) is 0 Å². The van der Waals surface area contributed by atoms with Crippen LogP contribution in [0.15, 0.2) is 60.2 Å². The number of amides is 1. The molecule has 1 aliphatic carbocycles. The second kappa shape index (κ2) is 8.77. The van der Waals surface area contributed by atoms with Gasteiger partial charge in [-0.25, -0.2) is 9.97 Å². The average molecular weight is 389 g/mol. The smallest absolute Gasteiger partial charge is 0.251 e. The van der Waals surface area contributed by atoms with Gasteiger partial charge in [0.25, 0.3) is 5.56 Å². The van der Waals surface area contributed by atoms with Gasteiger partial charge in [-0.05, 0) is 54.5 Å². The molecule has 7 nitrogen and oxygen atoms in total. The van der Waals surface area contributed by atoms with Crippen LogP contribution < -0.4 is 10.9 Å². The Labute approximate surface area is 168 Å². The fourth-order valence-corrected chi connectivity index (χ4v) is 3.81. The zero-order valence-corrected chi connectivity index (χ0v) is 16.1. The summed E-state index contributed by atoms with van der Waals surface area (Å²) in [7, 11) is 0. The first-order valence-corrected chi connectivity index (χ1v) is 9.83. The van der Waals surface area contributed by atoms with Gasteiger partial charge in [-0.2, -0.15) is 0 Å². The number of hydrogen-bond donors (Lipinski definition) is 1. The molecule has 0 fully saturated rings. The van der Waals surface area contributed by atoms with Crippen LogP contribution in [0.3, 0.4) is 0 Å². The molecule has 3 heterocycles. The summed E-state index contributed by atoms with van der Waals surface area (Å²) in [4.78, 5) is 36.8. The summed E-state index contributed by atoms with van der Waals surface area (Å²) in [5.41, 5.74) is 4.22. The Balaban J connectivity index is 1.40. The van der Waals surface area contributed by atoms with Crippen molar-refractivity contribution in [3.8, 4) is 0 Å². The Kier molecular flexibility index (Phi) is 5.74. The van der Waals surface area contributed by atoms with Gasteiger partial charge in [0.15, 0.2) is 0 Å². The van der Waals surface area contributed by atoms with E-state index in [0.29, 0.717) is 19.4 Å². The molecule has 3 aromatic heterocycles. The summed E-state index contributed by atoms with van der Waals surface area (Å²) in [5, 5.41) is 3.14. The summed E-state index contributed by atoms with van der Waals surface area (Å²) >= 11 is 0. The van der Waals surface area contributed by atoms with Gasteiger partial charge in [-0.3, -0.25) is 14.6 Å². The maximum absolute atomic E-state index is 12.4. The summed E-state index contributed by atoms with van der Waals surface area (Å²) < 4.78 is 1.85. The Hall–Kier alpha value is -3.35. The number of pyridine rings is 2. The van der Waals surface area contributed by atoms with Crippen molar-refractivity contribution in [3.63, 3.8) is 0 Å². The van der Waals surface area contributed by atoms with E-state index in [1.54, 1.807) is 30.9 Å². The van der Waals surface area contributed by atoms with Crippen LogP contribution in [0.25, 0.3) is 0 Å². The van der Waals surface area contributed by atoms with Gasteiger partial charge in [0.05, 0.1) is 6.54 Å². The van der Waals surface area contributed by atoms with Gasteiger partial charge in [-0.15, -0.1) is 0 Å². The molecule has 1 atom stereocenters. The van der Waals surface area contributed by atoms with Crippen molar-refractivity contribution in [3.05, 3.63) is 88.1 Å². The first kappa shape index (κ1) is 19.0. The maximum Gasteiger partial charge on any atom is 0.251 e. The van der Waals surface area contributed by atoms with Crippen molar-refractivity contribution in [2.24, 2.45) is 0 Å². The molecule has 1 amide bonds. The zero-order chi connectivity index (χ0) is 20.1. The molecule has 148 valence electrons. The van der Waals surface area contributed by atoms with Crippen LogP contribution in [-0.4, -0.2) is 31.5 Å². The molecule has 0 aromatic carbocycles. The molecule has 0 bridgehead atoms. The lowest BCUT2D eigenvalue weighted by Gasteiger charge is -2.28. The van der Waals surface area contributed by atoms with E-state index in [-0.39, 0.29) is 17.5 Å². The molecule has 0 spiro atoms. The number of aryl methyl sites for hydroxylation is 1. The predicted molar refractivity (Wildman–Crippen MR) is 108 cm³/mol. The minimum atomic E-state index is 0.00753. The highest BCUT2D eigenvalue weighted by molar-refractivity contribution is 5.76. The standard InChI is InChI=1S/C22H23N5O2/c28-21(5-1-17-12-24-15-25-13-17)26-19-3-4-20-18(11-19)2-6-22(29)27(20)14-16-7-9-23-10-8-16/h2,6-10,12-13,15,19H,1,3-5,11,14H2,(H,26,28). The molecule has 0 saturated heterocycles. The Morgan fingerprint density at radius 3 is 2.66 bits per heavy atom. The SMILES string of the molecule is O=C(CCc1cncnc1)NC1CCc2c(ccc(=O)n2Cc2ccncc2)C1. The van der Waals surface area contributed by atoms with E-state index in [4.69, 9.17) is 0 Å². The van der Waals surface area contributed by atoms with Crippen LogP contribution in [0.5, 0.6) is 0 Å². The number of nitrogens with one attached hydrogen (secondary N) is 1. The number of carbonyl (C=O) groups is 1. The fraction of sp³-hybridized carbons (Fsp3) is 0.318. The van der Waals surface area contributed by atoms with Crippen molar-refractivity contribution < 1.29 is 4.79 Å². The summed E-state index contributed by atoms with van der Waals surface area (Å²) in [5.74, 6) is 0.0346. The van der Waals surface area contributed by atoms with Crippen LogP contribution in [0.2, 0.25) is 0 Å². The van der Waals surface area contributed by atoms with E-state index in [0.717, 1.165) is 41.6 Å². The molecule has 0 radical (unpaired) electrons. The van der Waals surface area contributed by atoms with Gasteiger partial charge in [-0.1, -0.05) is 6.07 Å². The largest absolute Gasteiger partial charge is 0.353 e. The molecule has 4 rings (SSSR count). The van der Waals surface area contributed by atoms with E-state index in [2.05, 4.69) is 20.3 Å². The Morgan fingerprint density at radius 1 is 1.07 bits per heavy atom. The first-order valence-electron chi connectivity index (χ1n) is 9.83. The molecule has 3 aromatic rings. The highest BCUT2D eigenvalue weighted by atomic mass is 16.1.